The number of nitrogens with one attached hydrogen (secondary N) is 2. The van der Waals surface area contributed by atoms with E-state index in [1.807, 2.05) is 0 Å². The smallest absolute Gasteiger partial charge is 0.309 e. The molecule has 3 rings (SSSR count). The molecule has 3 aliphatic heterocycles. The molecule has 3 amide bonds. The number of piperidine rings is 1. The van der Waals surface area contributed by atoms with Gasteiger partial charge in [0.1, 0.15) is 12.2 Å². The Kier molecular flexibility index (Phi) is 5.11. The van der Waals surface area contributed by atoms with Gasteiger partial charge >= 0.3 is 16.4 Å². The van der Waals surface area contributed by atoms with Crippen LogP contribution < -0.4 is 10.8 Å². The molecule has 0 spiro atoms. The van der Waals surface area contributed by atoms with E-state index in [9.17, 15) is 22.4 Å². The largest absolute Gasteiger partial charge is 0.418 e. The van der Waals surface area contributed by atoms with E-state index >= 15 is 0 Å². The molecule has 13 heteroatoms. The lowest BCUT2D eigenvalue weighted by Gasteiger charge is -2.29. The van der Waals surface area contributed by atoms with Crippen LogP contribution in [0.3, 0.4) is 0 Å². The highest BCUT2D eigenvalue weighted by Crippen LogP contribution is 2.30. The Bertz CT molecular complexity index is 647. The van der Waals surface area contributed by atoms with Crippen molar-refractivity contribution in [2.24, 2.45) is 0 Å². The van der Waals surface area contributed by atoms with Crippen molar-refractivity contribution in [3.8, 4) is 0 Å². The van der Waals surface area contributed by atoms with Crippen LogP contribution in [0.25, 0.3) is 0 Å². The number of hydrogen-bond acceptors (Lipinski definition) is 7. The minimum atomic E-state index is -4.83. The molecule has 0 aromatic heterocycles. The second-order valence-corrected chi connectivity index (χ2v) is 7.23. The normalized spacial score (nSPS) is 32.3. The highest BCUT2D eigenvalue weighted by Gasteiger charge is 2.49. The van der Waals surface area contributed by atoms with E-state index in [1.54, 1.807) is 0 Å². The van der Waals surface area contributed by atoms with Crippen LogP contribution in [0.15, 0.2) is 0 Å². The molecule has 25 heavy (non-hydrogen) atoms. The Hall–Kier alpha value is -1.54. The predicted molar refractivity (Wildman–Crippen MR) is 78.8 cm³/mol. The van der Waals surface area contributed by atoms with Crippen LogP contribution in [0.2, 0.25) is 0 Å². The molecule has 0 radical (unpaired) electrons. The molecule has 3 N–H and O–H groups in total. The number of urea groups is 1. The lowest BCUT2D eigenvalue weighted by molar-refractivity contribution is -0.139. The Labute approximate surface area is 143 Å². The number of amides is 3. The summed E-state index contributed by atoms with van der Waals surface area (Å²) in [5.74, 6) is -0.560. The fourth-order valence-corrected chi connectivity index (χ4v) is 3.67. The summed E-state index contributed by atoms with van der Waals surface area (Å²) in [5, 5.41) is 3.46. The van der Waals surface area contributed by atoms with Crippen LogP contribution in [-0.2, 0) is 24.3 Å². The number of carbonyl (C=O) groups excluding carboxylic acids is 2. The van der Waals surface area contributed by atoms with Gasteiger partial charge in [0.05, 0.1) is 12.6 Å². The van der Waals surface area contributed by atoms with Crippen LogP contribution in [0.5, 0.6) is 0 Å². The summed E-state index contributed by atoms with van der Waals surface area (Å²) in [6, 6.07) is -2.43. The summed E-state index contributed by atoms with van der Waals surface area (Å²) in [7, 11) is -4.83. The zero-order valence-corrected chi connectivity index (χ0v) is 13.9. The van der Waals surface area contributed by atoms with Crippen molar-refractivity contribution >= 4 is 22.3 Å². The molecule has 11 nitrogen and oxygen atoms in total. The summed E-state index contributed by atoms with van der Waals surface area (Å²) in [6.07, 6.45) is -0.0296. The van der Waals surface area contributed by atoms with Gasteiger partial charge < -0.3 is 10.2 Å². The van der Waals surface area contributed by atoms with E-state index in [4.69, 9.17) is 9.39 Å². The molecule has 0 saturated carbocycles. The number of carbonyl (C=O) groups is 2. The number of alkyl halides is 1. The maximum Gasteiger partial charge on any atom is 0.418 e. The second-order valence-electron chi connectivity index (χ2n) is 6.23. The lowest BCUT2D eigenvalue weighted by atomic mass is 10.0. The molecule has 0 aromatic carbocycles. The second kappa shape index (κ2) is 6.99. The number of fused-ring (bicyclic) bond motifs is 2. The molecule has 2 unspecified atom stereocenters. The molecule has 0 aliphatic carbocycles. The molecule has 3 fully saturated rings. The van der Waals surface area contributed by atoms with Crippen LogP contribution in [0, 0.1) is 0 Å². The first-order valence-electron chi connectivity index (χ1n) is 7.80. The average molecular weight is 382 g/mol. The van der Waals surface area contributed by atoms with Gasteiger partial charge in [-0.25, -0.2) is 14.7 Å². The Morgan fingerprint density at radius 2 is 2.20 bits per heavy atom. The minimum Gasteiger partial charge on any atom is -0.309 e. The van der Waals surface area contributed by atoms with Crippen molar-refractivity contribution in [1.29, 1.82) is 0 Å². The van der Waals surface area contributed by atoms with Crippen molar-refractivity contribution in [1.82, 2.24) is 20.8 Å². The minimum absolute atomic E-state index is 0.0907. The van der Waals surface area contributed by atoms with Gasteiger partial charge in [0.15, 0.2) is 0 Å². The summed E-state index contributed by atoms with van der Waals surface area (Å²) < 4.78 is 47.7. The fourth-order valence-electron chi connectivity index (χ4n) is 3.28. The zero-order chi connectivity index (χ0) is 18.2. The van der Waals surface area contributed by atoms with Gasteiger partial charge in [-0.3, -0.25) is 14.2 Å². The first kappa shape index (κ1) is 18.3. The van der Waals surface area contributed by atoms with E-state index < -0.39 is 40.6 Å². The molecule has 3 saturated heterocycles. The fraction of sp³-hybridized carbons (Fsp3) is 0.833. The first-order chi connectivity index (χ1) is 11.7. The van der Waals surface area contributed by atoms with E-state index in [2.05, 4.69) is 15.1 Å². The highest BCUT2D eigenvalue weighted by molar-refractivity contribution is 7.80. The van der Waals surface area contributed by atoms with E-state index in [0.717, 1.165) is 4.90 Å². The number of halogens is 1. The van der Waals surface area contributed by atoms with Gasteiger partial charge in [0, 0.05) is 19.1 Å². The third kappa shape index (κ3) is 4.17. The quantitative estimate of drug-likeness (QED) is 0.382. The third-order valence-electron chi connectivity index (χ3n) is 4.43. The number of hydrogen-bond donors (Lipinski definition) is 3. The molecule has 3 heterocycles. The van der Waals surface area contributed by atoms with Gasteiger partial charge in [-0.1, -0.05) is 0 Å². The number of rotatable bonds is 6. The van der Waals surface area contributed by atoms with Crippen molar-refractivity contribution in [2.75, 3.05) is 19.7 Å². The molecule has 4 atom stereocenters. The maximum atomic E-state index is 13.0. The molecule has 3 aliphatic rings. The summed E-state index contributed by atoms with van der Waals surface area (Å²) >= 11 is 0. The third-order valence-corrected chi connectivity index (χ3v) is 4.77. The summed E-state index contributed by atoms with van der Waals surface area (Å²) in [6.45, 7) is 0.436. The zero-order valence-electron chi connectivity index (χ0n) is 13.1. The standard InChI is InChI=1S/C12H19FN4O7S/c13-7-3-8(14-4-7)6-23-15-11(18)10-2-1-9-5-16(10)12(19)17(9)24-25(20,21)22/h7-10,14H,1-6H2,(H,15,18)(H,20,21,22)/t7?,8?,9-,10+/m1/s1. The van der Waals surface area contributed by atoms with Crippen molar-refractivity contribution in [3.63, 3.8) is 0 Å². The van der Waals surface area contributed by atoms with Crippen LogP contribution in [0.4, 0.5) is 9.18 Å². The van der Waals surface area contributed by atoms with Crippen LogP contribution in [0.1, 0.15) is 19.3 Å². The van der Waals surface area contributed by atoms with E-state index in [-0.39, 0.29) is 32.2 Å². The van der Waals surface area contributed by atoms with Gasteiger partial charge in [0.25, 0.3) is 5.91 Å². The molecule has 0 aromatic rings. The van der Waals surface area contributed by atoms with Crippen LogP contribution in [-0.4, -0.2) is 78.9 Å². The number of hydroxylamine groups is 3. The van der Waals surface area contributed by atoms with Gasteiger partial charge in [0.2, 0.25) is 0 Å². The summed E-state index contributed by atoms with van der Waals surface area (Å²) in [4.78, 5) is 30.6. The van der Waals surface area contributed by atoms with Crippen molar-refractivity contribution in [3.05, 3.63) is 0 Å². The first-order valence-corrected chi connectivity index (χ1v) is 9.17. The van der Waals surface area contributed by atoms with Crippen molar-refractivity contribution < 1.29 is 36.1 Å². The molecular formula is C12H19FN4O7S. The van der Waals surface area contributed by atoms with E-state index in [0.29, 0.717) is 17.9 Å². The van der Waals surface area contributed by atoms with Gasteiger partial charge in [-0.05, 0) is 19.3 Å². The average Bonchev–Trinajstić information content (AvgIpc) is 3.04. The maximum absolute atomic E-state index is 13.0. The Balaban J connectivity index is 1.52. The Morgan fingerprint density at radius 1 is 1.44 bits per heavy atom. The monoisotopic (exact) mass is 382 g/mol. The molecule has 2 bridgehead atoms. The lowest BCUT2D eigenvalue weighted by Crippen LogP contribution is -2.50. The number of nitrogens with zero attached hydrogens (tertiary/aromatic N) is 2. The van der Waals surface area contributed by atoms with E-state index in [1.165, 1.54) is 0 Å². The van der Waals surface area contributed by atoms with Crippen molar-refractivity contribution in [2.45, 2.75) is 43.6 Å². The van der Waals surface area contributed by atoms with Crippen LogP contribution >= 0.6 is 0 Å². The highest BCUT2D eigenvalue weighted by atomic mass is 32.3. The van der Waals surface area contributed by atoms with Gasteiger partial charge in [-0.2, -0.15) is 13.5 Å². The summed E-state index contributed by atoms with van der Waals surface area (Å²) in [5.41, 5.74) is 2.24. The predicted octanol–water partition coefficient (Wildman–Crippen LogP) is -1.26. The topological polar surface area (TPSA) is 138 Å². The Morgan fingerprint density at radius 3 is 2.84 bits per heavy atom. The molecular weight excluding hydrogens is 363 g/mol. The van der Waals surface area contributed by atoms with Gasteiger partial charge in [-0.15, -0.1) is 4.28 Å². The SMILES string of the molecule is O=C(NOCC1CC(F)CN1)[C@@H]1CC[C@@H]2CN1C(=O)N2OS(=O)(=O)O. The molecule has 142 valence electrons.